The van der Waals surface area contributed by atoms with Crippen LogP contribution in [0.4, 0.5) is 5.69 Å². The van der Waals surface area contributed by atoms with Crippen molar-refractivity contribution in [2.45, 2.75) is 38.7 Å². The van der Waals surface area contributed by atoms with E-state index in [-0.39, 0.29) is 11.7 Å². The van der Waals surface area contributed by atoms with Gasteiger partial charge >= 0.3 is 16.3 Å². The number of esters is 1. The molecule has 10 heteroatoms. The Balaban J connectivity index is 1.86. The summed E-state index contributed by atoms with van der Waals surface area (Å²) in [4.78, 5) is 17.6. The van der Waals surface area contributed by atoms with E-state index in [0.29, 0.717) is 11.4 Å². The number of anilines is 1. The summed E-state index contributed by atoms with van der Waals surface area (Å²) in [7, 11) is -4.34. The van der Waals surface area contributed by atoms with Crippen LogP contribution in [-0.4, -0.2) is 29.5 Å². The van der Waals surface area contributed by atoms with Crippen molar-refractivity contribution in [3.05, 3.63) is 57.0 Å². The van der Waals surface area contributed by atoms with Gasteiger partial charge in [-0.2, -0.15) is 19.8 Å². The van der Waals surface area contributed by atoms with Gasteiger partial charge in [0.2, 0.25) is 0 Å². The first-order chi connectivity index (χ1) is 14.0. The predicted octanol–water partition coefficient (Wildman–Crippen LogP) is 4.75. The van der Waals surface area contributed by atoms with E-state index in [4.69, 9.17) is 9.29 Å². The maximum atomic E-state index is 12.9. The molecular formula is C20H22N2O5S3. The van der Waals surface area contributed by atoms with Gasteiger partial charge in [-0.25, -0.2) is 4.98 Å². The lowest BCUT2D eigenvalue weighted by Gasteiger charge is -2.23. The molecule has 0 spiro atoms. The number of nitrogens with zero attached hydrogens (tertiary/aromatic N) is 1. The monoisotopic (exact) mass is 466 g/mol. The maximum Gasteiger partial charge on any atom is 0.357 e. The molecule has 160 valence electrons. The molecule has 0 amide bonds. The molecule has 0 aliphatic carbocycles. The van der Waals surface area contributed by atoms with Crippen molar-refractivity contribution in [3.8, 4) is 11.3 Å². The molecule has 2 heterocycles. The fourth-order valence-corrected chi connectivity index (χ4v) is 4.73. The summed E-state index contributed by atoms with van der Waals surface area (Å²) in [5.41, 5.74) is 2.22. The molecule has 0 saturated heterocycles. The molecule has 0 bridgehead atoms. The first-order valence-electron chi connectivity index (χ1n) is 9.05. The highest BCUT2D eigenvalue weighted by Crippen LogP contribution is 2.31. The number of thiophene rings is 1. The molecule has 1 unspecified atom stereocenters. The highest BCUT2D eigenvalue weighted by molar-refractivity contribution is 7.87. The zero-order chi connectivity index (χ0) is 21.9. The first kappa shape index (κ1) is 22.4. The van der Waals surface area contributed by atoms with Gasteiger partial charge in [0.25, 0.3) is 0 Å². The molecule has 1 aromatic carbocycles. The lowest BCUT2D eigenvalue weighted by molar-refractivity contribution is -0.156. The smallest absolute Gasteiger partial charge is 0.357 e. The largest absolute Gasteiger partial charge is 0.459 e. The second-order valence-corrected chi connectivity index (χ2v) is 10.5. The van der Waals surface area contributed by atoms with Crippen molar-refractivity contribution < 1.29 is 22.5 Å². The van der Waals surface area contributed by atoms with Crippen molar-refractivity contribution in [1.29, 1.82) is 0 Å². The Morgan fingerprint density at radius 1 is 1.20 bits per heavy atom. The summed E-state index contributed by atoms with van der Waals surface area (Å²) < 4.78 is 38.4. The Hall–Kier alpha value is -2.27. The summed E-state index contributed by atoms with van der Waals surface area (Å²) in [5.74, 6) is -0.962. The van der Waals surface area contributed by atoms with Crippen molar-refractivity contribution in [1.82, 2.24) is 4.98 Å². The normalized spacial score (nSPS) is 13.1. The molecule has 2 N–H and O–H groups in total. The third kappa shape index (κ3) is 6.36. The zero-order valence-corrected chi connectivity index (χ0v) is 19.1. The number of aromatic nitrogens is 1. The Labute approximate surface area is 183 Å². The van der Waals surface area contributed by atoms with Gasteiger partial charge in [-0.15, -0.1) is 11.3 Å². The van der Waals surface area contributed by atoms with Gasteiger partial charge in [0.15, 0.2) is 0 Å². The number of benzene rings is 1. The highest BCUT2D eigenvalue weighted by Gasteiger charge is 2.29. The van der Waals surface area contributed by atoms with E-state index in [9.17, 15) is 13.2 Å². The number of ether oxygens (including phenoxy) is 1. The zero-order valence-electron chi connectivity index (χ0n) is 16.7. The molecule has 7 nitrogen and oxygen atoms in total. The third-order valence-corrected chi connectivity index (χ3v) is 6.10. The molecule has 30 heavy (non-hydrogen) atoms. The second-order valence-electron chi connectivity index (χ2n) is 7.65. The highest BCUT2D eigenvalue weighted by atomic mass is 32.2. The van der Waals surface area contributed by atoms with E-state index >= 15 is 0 Å². The molecule has 3 rings (SSSR count). The number of hydrogen-bond donors (Lipinski definition) is 2. The van der Waals surface area contributed by atoms with Crippen LogP contribution in [0.5, 0.6) is 0 Å². The molecule has 0 saturated carbocycles. The average molecular weight is 467 g/mol. The van der Waals surface area contributed by atoms with Crippen molar-refractivity contribution in [2.75, 3.05) is 4.72 Å². The predicted molar refractivity (Wildman–Crippen MR) is 119 cm³/mol. The van der Waals surface area contributed by atoms with Crippen molar-refractivity contribution in [2.24, 2.45) is 0 Å². The van der Waals surface area contributed by atoms with Gasteiger partial charge in [-0.3, -0.25) is 14.1 Å². The van der Waals surface area contributed by atoms with Gasteiger partial charge in [0.05, 0.1) is 11.4 Å². The average Bonchev–Trinajstić information content (AvgIpc) is 3.29. The molecule has 2 aromatic heterocycles. The minimum Gasteiger partial charge on any atom is -0.459 e. The molecule has 3 aromatic rings. The number of rotatable bonds is 7. The summed E-state index contributed by atoms with van der Waals surface area (Å²) in [6.45, 7) is 5.45. The molecule has 0 aliphatic rings. The van der Waals surface area contributed by atoms with E-state index in [1.165, 1.54) is 23.5 Å². The van der Waals surface area contributed by atoms with Crippen LogP contribution in [0.15, 0.2) is 46.5 Å². The minimum atomic E-state index is -4.34. The molecule has 0 aliphatic heterocycles. The Morgan fingerprint density at radius 3 is 2.47 bits per heavy atom. The van der Waals surface area contributed by atoms with Crippen LogP contribution in [0.25, 0.3) is 11.3 Å². The minimum absolute atomic E-state index is 0.226. The molecule has 0 radical (unpaired) electrons. The number of nitrogens with one attached hydrogen (secondary N) is 1. The van der Waals surface area contributed by atoms with Crippen LogP contribution >= 0.6 is 22.7 Å². The number of thiazole rings is 1. The number of carbonyl (C=O) groups excluding carboxylic acids is 1. The van der Waals surface area contributed by atoms with E-state index in [1.807, 2.05) is 47.7 Å². The van der Waals surface area contributed by atoms with Gasteiger partial charge in [-0.1, -0.05) is 12.1 Å². The van der Waals surface area contributed by atoms with Gasteiger partial charge in [-0.05, 0) is 56.3 Å². The fraction of sp³-hybridized carbons (Fsp3) is 0.300. The molecule has 1 atom stereocenters. The lowest BCUT2D eigenvalue weighted by atomic mass is 9.99. The van der Waals surface area contributed by atoms with Crippen molar-refractivity contribution in [3.63, 3.8) is 0 Å². The summed E-state index contributed by atoms with van der Waals surface area (Å²) in [5, 5.41) is 6.56. The van der Waals surface area contributed by atoms with E-state index in [1.54, 1.807) is 23.5 Å². The van der Waals surface area contributed by atoms with Gasteiger partial charge in [0, 0.05) is 16.3 Å². The Kier molecular flexibility index (Phi) is 6.61. The van der Waals surface area contributed by atoms with Gasteiger partial charge in [0.1, 0.15) is 16.5 Å². The van der Waals surface area contributed by atoms with Gasteiger partial charge < -0.3 is 4.74 Å². The van der Waals surface area contributed by atoms with Crippen LogP contribution in [0, 0.1) is 0 Å². The fourth-order valence-electron chi connectivity index (χ4n) is 2.73. The van der Waals surface area contributed by atoms with Crippen LogP contribution in [0.1, 0.15) is 37.3 Å². The van der Waals surface area contributed by atoms with E-state index < -0.39 is 21.8 Å². The maximum absolute atomic E-state index is 12.9. The van der Waals surface area contributed by atoms with E-state index in [2.05, 4.69) is 4.98 Å². The van der Waals surface area contributed by atoms with Crippen LogP contribution < -0.4 is 4.72 Å². The Morgan fingerprint density at radius 2 is 1.90 bits per heavy atom. The van der Waals surface area contributed by atoms with Crippen LogP contribution in [-0.2, 0) is 26.3 Å². The lowest BCUT2D eigenvalue weighted by Crippen LogP contribution is -2.28. The number of hydrogen-bond acceptors (Lipinski definition) is 7. The molecule has 0 fully saturated rings. The third-order valence-electron chi connectivity index (χ3n) is 3.97. The quantitative estimate of drug-likeness (QED) is 0.384. The molecular weight excluding hydrogens is 444 g/mol. The second kappa shape index (κ2) is 8.84. The van der Waals surface area contributed by atoms with Crippen molar-refractivity contribution >= 4 is 44.6 Å². The SMILES string of the molecule is CC(C)(C)OC(=O)C(Cc1ccc(NS(=O)(=O)O)cc1)c1nc(-c2ccsc2)cs1. The van der Waals surface area contributed by atoms with E-state index in [0.717, 1.165) is 16.8 Å². The summed E-state index contributed by atoms with van der Waals surface area (Å²) in [6, 6.07) is 8.41. The number of carbonyl (C=O) groups is 1. The Bertz CT molecular complexity index is 1100. The van der Waals surface area contributed by atoms with Crippen LogP contribution in [0.2, 0.25) is 0 Å². The topological polar surface area (TPSA) is 106 Å². The summed E-state index contributed by atoms with van der Waals surface area (Å²) >= 11 is 2.99. The van der Waals surface area contributed by atoms with Crippen LogP contribution in [0.3, 0.4) is 0 Å². The standard InChI is InChI=1S/C20H22N2O5S3/c1-20(2,3)27-19(23)16(18-21-17(12-29-18)14-8-9-28-11-14)10-13-4-6-15(7-5-13)22-30(24,25)26/h4-9,11-12,16,22H,10H2,1-3H3,(H,24,25,26). The summed E-state index contributed by atoms with van der Waals surface area (Å²) in [6.07, 6.45) is 0.345. The first-order valence-corrected chi connectivity index (χ1v) is 12.3.